The third kappa shape index (κ3) is 3.89. The van der Waals surface area contributed by atoms with E-state index in [9.17, 15) is 8.42 Å². The zero-order valence-corrected chi connectivity index (χ0v) is 13.9. The highest BCUT2D eigenvalue weighted by Gasteiger charge is 2.10. The molecule has 0 aliphatic heterocycles. The van der Waals surface area contributed by atoms with E-state index in [1.54, 1.807) is 6.07 Å². The van der Waals surface area contributed by atoms with Gasteiger partial charge in [-0.15, -0.1) is 5.10 Å². The molecule has 1 aromatic carbocycles. The Kier molecular flexibility index (Phi) is 4.74. The summed E-state index contributed by atoms with van der Waals surface area (Å²) in [5.41, 5.74) is 2.46. The van der Waals surface area contributed by atoms with E-state index >= 15 is 0 Å². The van der Waals surface area contributed by atoms with Gasteiger partial charge in [0.1, 0.15) is 0 Å². The van der Waals surface area contributed by atoms with Crippen LogP contribution in [0, 0.1) is 6.92 Å². The Morgan fingerprint density at radius 1 is 1.14 bits per heavy atom. The van der Waals surface area contributed by atoms with Crippen LogP contribution in [-0.2, 0) is 9.84 Å². The van der Waals surface area contributed by atoms with E-state index in [1.165, 1.54) is 6.20 Å². The lowest BCUT2D eigenvalue weighted by atomic mass is 10.1. The largest absolute Gasteiger partial charge is 0.274 e. The van der Waals surface area contributed by atoms with Crippen LogP contribution in [0.25, 0.3) is 11.3 Å². The Morgan fingerprint density at radius 3 is 2.43 bits per heavy atom. The summed E-state index contributed by atoms with van der Waals surface area (Å²) < 4.78 is 24.1. The van der Waals surface area contributed by atoms with Gasteiger partial charge < -0.3 is 0 Å². The van der Waals surface area contributed by atoms with Crippen molar-refractivity contribution in [2.75, 3.05) is 6.26 Å². The SMILES string of the molecule is Cc1ccnc(S(C)(=O)=O)n[nH]c(-c2ccccc2)c1Br. The predicted molar refractivity (Wildman–Crippen MR) is 85.0 cm³/mol. The van der Waals surface area contributed by atoms with Crippen molar-refractivity contribution in [3.8, 4) is 11.3 Å². The summed E-state index contributed by atoms with van der Waals surface area (Å²) in [5.74, 6) is 0. The molecule has 2 rings (SSSR count). The highest BCUT2D eigenvalue weighted by Crippen LogP contribution is 2.26. The zero-order valence-electron chi connectivity index (χ0n) is 11.5. The van der Waals surface area contributed by atoms with Gasteiger partial charge in [0.15, 0.2) is 0 Å². The van der Waals surface area contributed by atoms with Crippen molar-refractivity contribution in [3.63, 3.8) is 0 Å². The minimum absolute atomic E-state index is 0.262. The van der Waals surface area contributed by atoms with E-state index in [-0.39, 0.29) is 5.16 Å². The molecule has 21 heavy (non-hydrogen) atoms. The second-order valence-corrected chi connectivity index (χ2v) is 7.16. The monoisotopic (exact) mass is 367 g/mol. The maximum absolute atomic E-state index is 11.6. The number of hydrogen-bond acceptors (Lipinski definition) is 4. The van der Waals surface area contributed by atoms with Crippen molar-refractivity contribution < 1.29 is 8.42 Å². The number of nitrogens with one attached hydrogen (secondary N) is 1. The van der Waals surface area contributed by atoms with Crippen molar-refractivity contribution in [1.82, 2.24) is 15.2 Å². The Bertz CT molecular complexity index is 800. The van der Waals surface area contributed by atoms with Crippen LogP contribution in [-0.4, -0.2) is 29.9 Å². The molecule has 0 unspecified atom stereocenters. The smallest absolute Gasteiger partial charge is 0.264 e. The van der Waals surface area contributed by atoms with Crippen molar-refractivity contribution in [1.29, 1.82) is 0 Å². The number of sulfone groups is 1. The van der Waals surface area contributed by atoms with Crippen LogP contribution >= 0.6 is 15.9 Å². The third-order valence-electron chi connectivity index (χ3n) is 2.73. The second kappa shape index (κ2) is 6.36. The molecule has 1 N–H and O–H groups in total. The number of aryl methyl sites for hydroxylation is 1. The van der Waals surface area contributed by atoms with Gasteiger partial charge in [0.25, 0.3) is 5.16 Å². The molecule has 0 spiro atoms. The summed E-state index contributed by atoms with van der Waals surface area (Å²) in [4.78, 5) is 3.88. The van der Waals surface area contributed by atoms with Crippen LogP contribution in [0.4, 0.5) is 0 Å². The maximum Gasteiger partial charge on any atom is 0.264 e. The molecule has 5 nitrogen and oxygen atoms in total. The molecule has 1 aromatic heterocycles. The second-order valence-electron chi connectivity index (χ2n) is 4.46. The number of H-pyrrole nitrogens is 1. The van der Waals surface area contributed by atoms with E-state index in [2.05, 4.69) is 31.1 Å². The number of rotatable bonds is 2. The molecule has 0 aliphatic rings. The molecule has 0 radical (unpaired) electrons. The Balaban J connectivity index is 2.81. The van der Waals surface area contributed by atoms with Gasteiger partial charge in [-0.1, -0.05) is 30.3 Å². The van der Waals surface area contributed by atoms with Crippen LogP contribution in [0.15, 0.2) is 52.2 Å². The predicted octanol–water partition coefficient (Wildman–Crippen LogP) is 3.07. The normalized spacial score (nSPS) is 11.0. The maximum atomic E-state index is 11.6. The highest BCUT2D eigenvalue weighted by molar-refractivity contribution is 9.10. The minimum atomic E-state index is -3.50. The highest BCUT2D eigenvalue weighted by atomic mass is 79.9. The number of aromatic amines is 1. The number of hydrogen-bond donors (Lipinski definition) is 1. The molecule has 0 atom stereocenters. The first-order valence-corrected chi connectivity index (χ1v) is 8.78. The van der Waals surface area contributed by atoms with Gasteiger partial charge in [-0.2, -0.15) is 0 Å². The number of benzene rings is 1. The standard InChI is InChI=1S/C14H14BrN3O2S/c1-10-8-9-16-14(21(2,19)20)18-17-13(12(10)15)11-6-4-3-5-7-11/h3-9,17H,1-2H3. The van der Waals surface area contributed by atoms with Crippen molar-refractivity contribution in [3.05, 3.63) is 52.6 Å². The fraction of sp³-hybridized carbons (Fsp3) is 0.143. The average molecular weight is 368 g/mol. The first kappa shape index (κ1) is 15.7. The third-order valence-corrected chi connectivity index (χ3v) is 4.61. The van der Waals surface area contributed by atoms with Crippen LogP contribution in [0.5, 0.6) is 0 Å². The van der Waals surface area contributed by atoms with Crippen molar-refractivity contribution >= 4 is 25.8 Å². The van der Waals surface area contributed by atoms with Gasteiger partial charge in [-0.05, 0) is 34.5 Å². The molecule has 1 heterocycles. The molecule has 110 valence electrons. The molecule has 0 amide bonds. The summed E-state index contributed by atoms with van der Waals surface area (Å²) in [6.07, 6.45) is 2.49. The van der Waals surface area contributed by atoms with Crippen LogP contribution in [0.3, 0.4) is 0 Å². The van der Waals surface area contributed by atoms with Crippen LogP contribution in [0.1, 0.15) is 5.56 Å². The fourth-order valence-electron chi connectivity index (χ4n) is 1.64. The number of aromatic nitrogens is 3. The van der Waals surface area contributed by atoms with Crippen LogP contribution < -0.4 is 0 Å². The molecule has 2 aromatic rings. The van der Waals surface area contributed by atoms with E-state index < -0.39 is 9.84 Å². The van der Waals surface area contributed by atoms with Gasteiger partial charge >= 0.3 is 0 Å². The Hall–Kier alpha value is -1.73. The molecule has 0 aliphatic carbocycles. The molecule has 0 saturated carbocycles. The Morgan fingerprint density at radius 2 is 1.81 bits per heavy atom. The lowest BCUT2D eigenvalue weighted by molar-refractivity contribution is 0.590. The molecule has 7 heteroatoms. The molecular formula is C14H14BrN3O2S. The summed E-state index contributed by atoms with van der Waals surface area (Å²) >= 11 is 3.52. The first-order chi connectivity index (χ1) is 9.89. The van der Waals surface area contributed by atoms with E-state index in [0.717, 1.165) is 21.9 Å². The summed E-state index contributed by atoms with van der Waals surface area (Å²) in [6.45, 7) is 1.90. The van der Waals surface area contributed by atoms with Gasteiger partial charge in [0.2, 0.25) is 9.84 Å². The van der Waals surface area contributed by atoms with Gasteiger partial charge in [-0.3, -0.25) is 5.10 Å². The summed E-state index contributed by atoms with van der Waals surface area (Å²) in [5, 5.41) is 6.46. The molecule has 0 saturated heterocycles. The van der Waals surface area contributed by atoms with Gasteiger partial charge in [-0.25, -0.2) is 13.4 Å². The minimum Gasteiger partial charge on any atom is -0.274 e. The topological polar surface area (TPSA) is 75.7 Å². The molecule has 0 bridgehead atoms. The Labute approximate surface area is 131 Å². The summed E-state index contributed by atoms with van der Waals surface area (Å²) in [6, 6.07) is 11.2. The van der Waals surface area contributed by atoms with Crippen molar-refractivity contribution in [2.45, 2.75) is 12.1 Å². The van der Waals surface area contributed by atoms with Gasteiger partial charge in [0, 0.05) is 22.5 Å². The number of nitrogens with zero attached hydrogens (tertiary/aromatic N) is 2. The lowest BCUT2D eigenvalue weighted by Gasteiger charge is -2.03. The van der Waals surface area contributed by atoms with E-state index in [1.807, 2.05) is 37.3 Å². The summed E-state index contributed by atoms with van der Waals surface area (Å²) in [7, 11) is -3.50. The molecule has 0 fully saturated rings. The van der Waals surface area contributed by atoms with Crippen molar-refractivity contribution in [2.24, 2.45) is 0 Å². The lowest BCUT2D eigenvalue weighted by Crippen LogP contribution is -2.02. The zero-order chi connectivity index (χ0) is 15.5. The fourth-order valence-corrected chi connectivity index (χ4v) is 2.55. The average Bonchev–Trinajstić information content (AvgIpc) is 2.51. The number of halogens is 1. The van der Waals surface area contributed by atoms with E-state index in [0.29, 0.717) is 5.69 Å². The molecular weight excluding hydrogens is 354 g/mol. The quantitative estimate of drug-likeness (QED) is 0.884. The first-order valence-electron chi connectivity index (χ1n) is 6.10. The van der Waals surface area contributed by atoms with Gasteiger partial charge in [0.05, 0.1) is 5.69 Å². The van der Waals surface area contributed by atoms with Crippen LogP contribution in [0.2, 0.25) is 0 Å². The van der Waals surface area contributed by atoms with E-state index in [4.69, 9.17) is 0 Å².